The van der Waals surface area contributed by atoms with E-state index in [-0.39, 0.29) is 0 Å². The molecule has 0 spiro atoms. The van der Waals surface area contributed by atoms with E-state index in [0.717, 1.165) is 30.2 Å². The third-order valence-electron chi connectivity index (χ3n) is 2.50. The molecule has 0 aromatic carbocycles. The molecule has 5 heteroatoms. The first kappa shape index (κ1) is 15.4. The van der Waals surface area contributed by atoms with E-state index in [1.807, 2.05) is 19.1 Å². The van der Waals surface area contributed by atoms with Crippen molar-refractivity contribution >= 4 is 15.9 Å². The first-order chi connectivity index (χ1) is 8.55. The van der Waals surface area contributed by atoms with Crippen molar-refractivity contribution in [1.82, 2.24) is 9.88 Å². The maximum Gasteiger partial charge on any atom is 0.122 e. The van der Waals surface area contributed by atoms with E-state index in [2.05, 4.69) is 32.9 Å². The van der Waals surface area contributed by atoms with Crippen molar-refractivity contribution in [2.24, 2.45) is 0 Å². The summed E-state index contributed by atoms with van der Waals surface area (Å²) in [5.74, 6) is 0.859. The van der Waals surface area contributed by atoms with Gasteiger partial charge in [0.15, 0.2) is 0 Å². The molecule has 1 unspecified atom stereocenters. The quantitative estimate of drug-likeness (QED) is 0.723. The maximum absolute atomic E-state index is 5.25. The van der Waals surface area contributed by atoms with Gasteiger partial charge in [-0.25, -0.2) is 0 Å². The van der Waals surface area contributed by atoms with Gasteiger partial charge in [-0.1, -0.05) is 15.9 Å². The van der Waals surface area contributed by atoms with E-state index in [1.54, 1.807) is 14.2 Å². The number of hydrogen-bond acceptors (Lipinski definition) is 4. The summed E-state index contributed by atoms with van der Waals surface area (Å²) in [7, 11) is 5.46. The molecule has 1 atom stereocenters. The van der Waals surface area contributed by atoms with Crippen LogP contribution in [0, 0.1) is 6.92 Å². The third-order valence-corrected chi connectivity index (χ3v) is 3.06. The molecule has 102 valence electrons. The van der Waals surface area contributed by atoms with Gasteiger partial charge >= 0.3 is 0 Å². The molecule has 0 bridgehead atoms. The molecule has 0 aliphatic heterocycles. The van der Waals surface area contributed by atoms with Gasteiger partial charge in [-0.05, 0) is 14.0 Å². The zero-order chi connectivity index (χ0) is 13.5. The van der Waals surface area contributed by atoms with Crippen LogP contribution >= 0.6 is 15.9 Å². The first-order valence-corrected chi connectivity index (χ1v) is 6.79. The third kappa shape index (κ3) is 5.33. The second-order valence-electron chi connectivity index (χ2n) is 4.39. The van der Waals surface area contributed by atoms with Crippen LogP contribution in [0.15, 0.2) is 12.1 Å². The summed E-state index contributed by atoms with van der Waals surface area (Å²) in [6.45, 7) is 4.38. The number of methoxy groups -OCH3 is 2. The highest BCUT2D eigenvalue weighted by molar-refractivity contribution is 9.09. The minimum Gasteiger partial charge on any atom is -0.497 e. The summed E-state index contributed by atoms with van der Waals surface area (Å²) in [5.41, 5.74) is 2.00. The fourth-order valence-electron chi connectivity index (χ4n) is 1.81. The Bertz CT molecular complexity index is 374. The highest BCUT2D eigenvalue weighted by Crippen LogP contribution is 2.15. The smallest absolute Gasteiger partial charge is 0.122 e. The highest BCUT2D eigenvalue weighted by Gasteiger charge is 2.09. The molecule has 0 fully saturated rings. The Kier molecular flexibility index (Phi) is 6.60. The monoisotopic (exact) mass is 316 g/mol. The van der Waals surface area contributed by atoms with Gasteiger partial charge in [-0.2, -0.15) is 0 Å². The van der Waals surface area contributed by atoms with Gasteiger partial charge in [0.05, 0.1) is 24.2 Å². The summed E-state index contributed by atoms with van der Waals surface area (Å²) < 4.78 is 10.4. The molecule has 0 aliphatic carbocycles. The van der Waals surface area contributed by atoms with Gasteiger partial charge in [-0.15, -0.1) is 0 Å². The van der Waals surface area contributed by atoms with Crippen LogP contribution < -0.4 is 4.74 Å². The number of nitrogens with zero attached hydrogens (tertiary/aromatic N) is 2. The van der Waals surface area contributed by atoms with Gasteiger partial charge < -0.3 is 9.47 Å². The molecule has 0 saturated heterocycles. The molecular weight excluding hydrogens is 296 g/mol. The van der Waals surface area contributed by atoms with E-state index in [0.29, 0.717) is 11.4 Å². The number of alkyl halides is 1. The molecule has 1 heterocycles. The number of halogens is 1. The number of ether oxygens (including phenoxy) is 2. The Morgan fingerprint density at radius 1 is 1.39 bits per heavy atom. The lowest BCUT2D eigenvalue weighted by Gasteiger charge is -2.19. The van der Waals surface area contributed by atoms with Crippen LogP contribution in [-0.2, 0) is 11.3 Å². The summed E-state index contributed by atoms with van der Waals surface area (Å²) in [4.78, 5) is 7.05. The van der Waals surface area contributed by atoms with Gasteiger partial charge in [0.2, 0.25) is 0 Å². The molecule has 0 radical (unpaired) electrons. The number of aryl methyl sites for hydroxylation is 1. The van der Waals surface area contributed by atoms with Gasteiger partial charge in [-0.3, -0.25) is 9.88 Å². The molecule has 4 nitrogen and oxygen atoms in total. The van der Waals surface area contributed by atoms with E-state index < -0.39 is 0 Å². The first-order valence-electron chi connectivity index (χ1n) is 5.88. The van der Waals surface area contributed by atoms with E-state index >= 15 is 0 Å². The van der Waals surface area contributed by atoms with E-state index in [1.165, 1.54) is 0 Å². The number of pyridine rings is 1. The van der Waals surface area contributed by atoms with Crippen molar-refractivity contribution in [3.8, 4) is 5.75 Å². The molecule has 1 aromatic rings. The van der Waals surface area contributed by atoms with Gasteiger partial charge in [0.1, 0.15) is 5.75 Å². The Morgan fingerprint density at radius 2 is 2.11 bits per heavy atom. The zero-order valence-electron chi connectivity index (χ0n) is 11.4. The van der Waals surface area contributed by atoms with Crippen LogP contribution in [0.2, 0.25) is 0 Å². The fraction of sp³-hybridized carbons (Fsp3) is 0.615. The molecule has 1 rings (SSSR count). The fourth-order valence-corrected chi connectivity index (χ4v) is 2.57. The molecule has 0 N–H and O–H groups in total. The largest absolute Gasteiger partial charge is 0.497 e. The van der Waals surface area contributed by atoms with Crippen molar-refractivity contribution in [2.45, 2.75) is 18.3 Å². The summed E-state index contributed by atoms with van der Waals surface area (Å²) in [6, 6.07) is 3.91. The van der Waals surface area contributed by atoms with Crippen molar-refractivity contribution < 1.29 is 9.47 Å². The zero-order valence-corrected chi connectivity index (χ0v) is 13.0. The Morgan fingerprint density at radius 3 is 2.72 bits per heavy atom. The summed E-state index contributed by atoms with van der Waals surface area (Å²) in [5, 5.41) is 0. The van der Waals surface area contributed by atoms with Crippen LogP contribution in [0.3, 0.4) is 0 Å². The van der Waals surface area contributed by atoms with E-state index in [4.69, 9.17) is 9.47 Å². The predicted octanol–water partition coefficient (Wildman–Crippen LogP) is 2.24. The minimum absolute atomic E-state index is 0.333. The Balaban J connectivity index is 2.58. The molecule has 0 aliphatic rings. The average molecular weight is 317 g/mol. The lowest BCUT2D eigenvalue weighted by Crippen LogP contribution is -2.28. The van der Waals surface area contributed by atoms with E-state index in [9.17, 15) is 0 Å². The highest BCUT2D eigenvalue weighted by atomic mass is 79.9. The standard InChI is InChI=1S/C13H21BrN2O2/c1-10-5-13(18-4)6-12(15-10)8-16(2)7-11(14)9-17-3/h5-6,11H,7-9H2,1-4H3. The Hall–Kier alpha value is -0.650. The summed E-state index contributed by atoms with van der Waals surface area (Å²) in [6.07, 6.45) is 0. The number of aromatic nitrogens is 1. The van der Waals surface area contributed by atoms with Crippen molar-refractivity contribution in [3.05, 3.63) is 23.5 Å². The van der Waals surface area contributed by atoms with Crippen LogP contribution in [0.4, 0.5) is 0 Å². The molecule has 18 heavy (non-hydrogen) atoms. The van der Waals surface area contributed by atoms with Crippen molar-refractivity contribution in [1.29, 1.82) is 0 Å². The second kappa shape index (κ2) is 7.71. The molecule has 0 amide bonds. The molecule has 0 saturated carbocycles. The second-order valence-corrected chi connectivity index (χ2v) is 5.68. The van der Waals surface area contributed by atoms with Crippen LogP contribution in [0.1, 0.15) is 11.4 Å². The lowest BCUT2D eigenvalue weighted by molar-refractivity contribution is 0.184. The predicted molar refractivity (Wildman–Crippen MR) is 76.5 cm³/mol. The Labute approximate surface area is 117 Å². The van der Waals surface area contributed by atoms with Crippen molar-refractivity contribution in [3.63, 3.8) is 0 Å². The van der Waals surface area contributed by atoms with Crippen molar-refractivity contribution in [2.75, 3.05) is 34.4 Å². The lowest BCUT2D eigenvalue weighted by atomic mass is 10.2. The molecule has 1 aromatic heterocycles. The number of hydrogen-bond donors (Lipinski definition) is 0. The average Bonchev–Trinajstić information content (AvgIpc) is 2.27. The van der Waals surface area contributed by atoms with Gasteiger partial charge in [0.25, 0.3) is 0 Å². The SMILES string of the molecule is COCC(Br)CN(C)Cc1cc(OC)cc(C)n1. The maximum atomic E-state index is 5.25. The van der Waals surface area contributed by atoms with Gasteiger partial charge in [0, 0.05) is 38.0 Å². The van der Waals surface area contributed by atoms with Crippen LogP contribution in [-0.4, -0.2) is 49.1 Å². The molecular formula is C13H21BrN2O2. The van der Waals surface area contributed by atoms with Crippen LogP contribution in [0.5, 0.6) is 5.75 Å². The van der Waals surface area contributed by atoms with Crippen LogP contribution in [0.25, 0.3) is 0 Å². The normalized spacial score (nSPS) is 12.8. The summed E-state index contributed by atoms with van der Waals surface area (Å²) >= 11 is 3.58. The topological polar surface area (TPSA) is 34.6 Å². The minimum atomic E-state index is 0.333. The number of rotatable bonds is 7.